The molecule has 17 heavy (non-hydrogen) atoms. The first-order valence-corrected chi connectivity index (χ1v) is 7.36. The smallest absolute Gasteiger partial charge is 0.0681 e. The van der Waals surface area contributed by atoms with Crippen molar-refractivity contribution >= 4 is 11.8 Å². The molecular weight excluding hydrogens is 228 g/mol. The Kier molecular flexibility index (Phi) is 6.68. The van der Waals surface area contributed by atoms with E-state index in [0.717, 1.165) is 11.5 Å². The fourth-order valence-corrected chi connectivity index (χ4v) is 2.82. The molecule has 1 unspecified atom stereocenters. The summed E-state index contributed by atoms with van der Waals surface area (Å²) < 4.78 is 0. The van der Waals surface area contributed by atoms with Crippen molar-refractivity contribution in [3.8, 4) is 0 Å². The van der Waals surface area contributed by atoms with Crippen LogP contribution in [-0.4, -0.2) is 10.4 Å². The molecule has 1 N–H and O–H groups in total. The molecule has 0 saturated heterocycles. The summed E-state index contributed by atoms with van der Waals surface area (Å²) in [5.41, 5.74) is 0.988. The van der Waals surface area contributed by atoms with Crippen LogP contribution in [0.5, 0.6) is 0 Å². The van der Waals surface area contributed by atoms with E-state index in [4.69, 9.17) is 5.11 Å². The summed E-state index contributed by atoms with van der Waals surface area (Å²) in [4.78, 5) is 1.30. The Balaban J connectivity index is 2.31. The van der Waals surface area contributed by atoms with Crippen LogP contribution in [0.25, 0.3) is 0 Å². The Morgan fingerprint density at radius 2 is 1.71 bits per heavy atom. The molecule has 96 valence electrons. The maximum Gasteiger partial charge on any atom is 0.0681 e. The molecule has 1 rings (SSSR count). The summed E-state index contributed by atoms with van der Waals surface area (Å²) in [7, 11) is 0. The molecule has 1 aromatic carbocycles. The van der Waals surface area contributed by atoms with E-state index in [-0.39, 0.29) is 6.61 Å². The summed E-state index contributed by atoms with van der Waals surface area (Å²) in [5, 5.41) is 9.65. The van der Waals surface area contributed by atoms with Crippen LogP contribution in [-0.2, 0) is 6.61 Å². The van der Waals surface area contributed by atoms with Gasteiger partial charge >= 0.3 is 0 Å². The van der Waals surface area contributed by atoms with E-state index in [0.29, 0.717) is 5.25 Å². The van der Waals surface area contributed by atoms with Gasteiger partial charge in [0.05, 0.1) is 6.61 Å². The fraction of sp³-hybridized carbons (Fsp3) is 0.600. The second kappa shape index (κ2) is 7.78. The highest BCUT2D eigenvalue weighted by Crippen LogP contribution is 2.27. The maximum absolute atomic E-state index is 8.97. The molecule has 0 amide bonds. The van der Waals surface area contributed by atoms with Crippen molar-refractivity contribution in [2.45, 2.75) is 56.8 Å². The lowest BCUT2D eigenvalue weighted by molar-refractivity contribution is 0.282. The van der Waals surface area contributed by atoms with Gasteiger partial charge in [-0.05, 0) is 30.0 Å². The van der Waals surface area contributed by atoms with Crippen molar-refractivity contribution in [3.05, 3.63) is 29.8 Å². The van der Waals surface area contributed by atoms with Crippen molar-refractivity contribution in [2.75, 3.05) is 0 Å². The third-order valence-electron chi connectivity index (χ3n) is 2.84. The van der Waals surface area contributed by atoms with Gasteiger partial charge in [0.15, 0.2) is 0 Å². The monoisotopic (exact) mass is 252 g/mol. The van der Waals surface area contributed by atoms with Gasteiger partial charge in [0, 0.05) is 10.1 Å². The highest BCUT2D eigenvalue weighted by atomic mass is 32.2. The molecule has 0 spiro atoms. The first kappa shape index (κ1) is 14.6. The van der Waals surface area contributed by atoms with Gasteiger partial charge in [-0.1, -0.05) is 45.7 Å². The van der Waals surface area contributed by atoms with Crippen LogP contribution in [0.15, 0.2) is 29.2 Å². The fourth-order valence-electron chi connectivity index (χ4n) is 1.78. The molecule has 0 aliphatic rings. The number of rotatable bonds is 7. The second-order valence-electron chi connectivity index (χ2n) is 5.06. The first-order chi connectivity index (χ1) is 8.11. The van der Waals surface area contributed by atoms with Crippen molar-refractivity contribution in [2.24, 2.45) is 5.92 Å². The minimum atomic E-state index is 0.134. The standard InChI is InChI=1S/C15H24OS/c1-12(2)5-4-6-13(3)17-15-9-7-14(11-16)8-10-15/h7-10,12-13,16H,4-6,11H2,1-3H3. The van der Waals surface area contributed by atoms with Gasteiger partial charge in [0.1, 0.15) is 0 Å². The summed E-state index contributed by atoms with van der Waals surface area (Å²) in [6, 6.07) is 8.22. The Bertz CT molecular complexity index is 305. The molecule has 1 aromatic rings. The molecule has 1 nitrogen and oxygen atoms in total. The van der Waals surface area contributed by atoms with Gasteiger partial charge in [-0.3, -0.25) is 0 Å². The average molecular weight is 252 g/mol. The summed E-state index contributed by atoms with van der Waals surface area (Å²) in [5.74, 6) is 0.816. The van der Waals surface area contributed by atoms with E-state index in [2.05, 4.69) is 32.9 Å². The molecule has 0 bridgehead atoms. The molecular formula is C15H24OS. The number of thioether (sulfide) groups is 1. The zero-order chi connectivity index (χ0) is 12.7. The zero-order valence-electron chi connectivity index (χ0n) is 11.1. The van der Waals surface area contributed by atoms with Gasteiger partial charge in [-0.25, -0.2) is 0 Å². The van der Waals surface area contributed by atoms with Gasteiger partial charge in [0.25, 0.3) is 0 Å². The number of hydrogen-bond acceptors (Lipinski definition) is 2. The molecule has 2 heteroatoms. The van der Waals surface area contributed by atoms with Crippen LogP contribution in [0.4, 0.5) is 0 Å². The Morgan fingerprint density at radius 3 is 2.24 bits per heavy atom. The third-order valence-corrected chi connectivity index (χ3v) is 4.02. The van der Waals surface area contributed by atoms with E-state index in [1.807, 2.05) is 23.9 Å². The number of hydrogen-bond donors (Lipinski definition) is 1. The van der Waals surface area contributed by atoms with Crippen molar-refractivity contribution in [1.29, 1.82) is 0 Å². The van der Waals surface area contributed by atoms with E-state index >= 15 is 0 Å². The highest BCUT2D eigenvalue weighted by Gasteiger charge is 2.05. The molecule has 0 aliphatic heterocycles. The van der Waals surface area contributed by atoms with Crippen molar-refractivity contribution < 1.29 is 5.11 Å². The van der Waals surface area contributed by atoms with Crippen LogP contribution in [0.3, 0.4) is 0 Å². The molecule has 0 radical (unpaired) electrons. The minimum Gasteiger partial charge on any atom is -0.392 e. The largest absolute Gasteiger partial charge is 0.392 e. The maximum atomic E-state index is 8.97. The van der Waals surface area contributed by atoms with Gasteiger partial charge in [-0.2, -0.15) is 0 Å². The van der Waals surface area contributed by atoms with E-state index in [9.17, 15) is 0 Å². The SMILES string of the molecule is CC(C)CCCC(C)Sc1ccc(CO)cc1. The molecule has 1 atom stereocenters. The lowest BCUT2D eigenvalue weighted by atomic mass is 10.1. The van der Waals surface area contributed by atoms with Crippen molar-refractivity contribution in [1.82, 2.24) is 0 Å². The van der Waals surface area contributed by atoms with Crippen LogP contribution < -0.4 is 0 Å². The van der Waals surface area contributed by atoms with Gasteiger partial charge in [0.2, 0.25) is 0 Å². The van der Waals surface area contributed by atoms with Crippen LogP contribution in [0, 0.1) is 5.92 Å². The number of benzene rings is 1. The number of aliphatic hydroxyl groups excluding tert-OH is 1. The first-order valence-electron chi connectivity index (χ1n) is 6.48. The van der Waals surface area contributed by atoms with Crippen molar-refractivity contribution in [3.63, 3.8) is 0 Å². The number of aliphatic hydroxyl groups is 1. The summed E-state index contributed by atoms with van der Waals surface area (Å²) >= 11 is 1.93. The van der Waals surface area contributed by atoms with Gasteiger partial charge < -0.3 is 5.11 Å². The normalized spacial score (nSPS) is 13.0. The van der Waals surface area contributed by atoms with Crippen LogP contribution in [0.2, 0.25) is 0 Å². The molecule has 0 heterocycles. The summed E-state index contributed by atoms with van der Waals surface area (Å²) in [6.07, 6.45) is 3.93. The highest BCUT2D eigenvalue weighted by molar-refractivity contribution is 7.99. The molecule has 0 fully saturated rings. The topological polar surface area (TPSA) is 20.2 Å². The predicted molar refractivity (Wildman–Crippen MR) is 76.4 cm³/mol. The van der Waals surface area contributed by atoms with E-state index in [1.54, 1.807) is 0 Å². The molecule has 0 aromatic heterocycles. The molecule has 0 saturated carbocycles. The summed E-state index contributed by atoms with van der Waals surface area (Å²) in [6.45, 7) is 7.00. The van der Waals surface area contributed by atoms with Crippen LogP contribution >= 0.6 is 11.8 Å². The lowest BCUT2D eigenvalue weighted by Crippen LogP contribution is -1.97. The van der Waals surface area contributed by atoms with Crippen LogP contribution in [0.1, 0.15) is 45.6 Å². The second-order valence-corrected chi connectivity index (χ2v) is 6.57. The molecule has 0 aliphatic carbocycles. The third kappa shape index (κ3) is 6.13. The van der Waals surface area contributed by atoms with Gasteiger partial charge in [-0.15, -0.1) is 11.8 Å². The average Bonchev–Trinajstić information content (AvgIpc) is 2.29. The Morgan fingerprint density at radius 1 is 1.06 bits per heavy atom. The minimum absolute atomic E-state index is 0.134. The Labute approximate surface area is 110 Å². The Hall–Kier alpha value is -0.470. The van der Waals surface area contributed by atoms with E-state index < -0.39 is 0 Å². The quantitative estimate of drug-likeness (QED) is 0.722. The zero-order valence-corrected chi connectivity index (χ0v) is 12.0. The lowest BCUT2D eigenvalue weighted by Gasteiger charge is -2.12. The van der Waals surface area contributed by atoms with E-state index in [1.165, 1.54) is 24.2 Å². The predicted octanol–water partition coefficient (Wildman–Crippen LogP) is 4.49.